The molecule has 2 aromatic rings. The second-order valence-corrected chi connectivity index (χ2v) is 6.00. The van der Waals surface area contributed by atoms with E-state index in [-0.39, 0.29) is 0 Å². The van der Waals surface area contributed by atoms with Gasteiger partial charge in [-0.05, 0) is 50.3 Å². The number of hydrogen-bond donors (Lipinski definition) is 1. The maximum Gasteiger partial charge on any atom is 0.112 e. The van der Waals surface area contributed by atoms with Crippen LogP contribution in [0.3, 0.4) is 0 Å². The molecule has 4 heteroatoms. The highest BCUT2D eigenvalue weighted by atomic mass is 35.5. The van der Waals surface area contributed by atoms with Gasteiger partial charge in [0.05, 0.1) is 16.1 Å². The number of fused-ring (bicyclic) bond motifs is 1. The first-order chi connectivity index (χ1) is 9.20. The Bertz CT molecular complexity index is 582. The molecular weight excluding hydrogens is 258 g/mol. The summed E-state index contributed by atoms with van der Waals surface area (Å²) in [6, 6.07) is 5.93. The monoisotopic (exact) mass is 277 g/mol. The summed E-state index contributed by atoms with van der Waals surface area (Å²) in [6.45, 7) is 0.821. The van der Waals surface area contributed by atoms with E-state index in [4.69, 9.17) is 22.3 Å². The number of hydrogen-bond acceptors (Lipinski definition) is 2. The van der Waals surface area contributed by atoms with Crippen molar-refractivity contribution < 1.29 is 0 Å². The first-order valence-electron chi connectivity index (χ1n) is 7.01. The molecule has 3 rings (SSSR count). The molecule has 0 atom stereocenters. The minimum atomic E-state index is 0.552. The van der Waals surface area contributed by atoms with Crippen molar-refractivity contribution in [1.29, 1.82) is 0 Å². The van der Waals surface area contributed by atoms with Crippen LogP contribution in [0, 0.1) is 5.92 Å². The van der Waals surface area contributed by atoms with Crippen LogP contribution in [0.4, 0.5) is 0 Å². The van der Waals surface area contributed by atoms with Crippen LogP contribution in [0.25, 0.3) is 11.0 Å². The summed E-state index contributed by atoms with van der Waals surface area (Å²) in [7, 11) is 2.07. The second-order valence-electron chi connectivity index (χ2n) is 5.59. The van der Waals surface area contributed by atoms with Crippen LogP contribution in [0.15, 0.2) is 18.2 Å². The maximum atomic E-state index is 6.28. The molecule has 0 radical (unpaired) electrons. The average molecular weight is 278 g/mol. The Labute approximate surface area is 118 Å². The van der Waals surface area contributed by atoms with Crippen LogP contribution < -0.4 is 5.73 Å². The van der Waals surface area contributed by atoms with Gasteiger partial charge in [-0.2, -0.15) is 0 Å². The molecule has 3 nitrogen and oxygen atoms in total. The van der Waals surface area contributed by atoms with Crippen LogP contribution in [0.5, 0.6) is 0 Å². The van der Waals surface area contributed by atoms with E-state index in [2.05, 4.69) is 11.6 Å². The molecule has 102 valence electrons. The van der Waals surface area contributed by atoms with E-state index in [1.807, 2.05) is 18.2 Å². The molecular formula is C15H20ClN3. The molecule has 0 saturated heterocycles. The minimum absolute atomic E-state index is 0.552. The predicted molar refractivity (Wildman–Crippen MR) is 79.5 cm³/mol. The Morgan fingerprint density at radius 2 is 2.05 bits per heavy atom. The number of aromatic nitrogens is 2. The Morgan fingerprint density at radius 1 is 1.32 bits per heavy atom. The van der Waals surface area contributed by atoms with Crippen LogP contribution in [-0.4, -0.2) is 16.1 Å². The average Bonchev–Trinajstić information content (AvgIpc) is 2.78. The lowest BCUT2D eigenvalue weighted by Crippen LogP contribution is -2.21. The van der Waals surface area contributed by atoms with Crippen LogP contribution in [0.2, 0.25) is 5.02 Å². The number of aryl methyl sites for hydroxylation is 1. The van der Waals surface area contributed by atoms with Crippen molar-refractivity contribution in [2.24, 2.45) is 18.7 Å². The third-order valence-electron chi connectivity index (χ3n) is 4.42. The Kier molecular flexibility index (Phi) is 3.50. The fraction of sp³-hybridized carbons (Fsp3) is 0.533. The molecule has 1 heterocycles. The summed E-state index contributed by atoms with van der Waals surface area (Å²) in [5.74, 6) is 2.43. The van der Waals surface area contributed by atoms with Crippen molar-refractivity contribution in [1.82, 2.24) is 9.55 Å². The first kappa shape index (κ1) is 12.9. The van der Waals surface area contributed by atoms with Crippen molar-refractivity contribution in [2.75, 3.05) is 6.54 Å². The number of para-hydroxylation sites is 1. The summed E-state index contributed by atoms with van der Waals surface area (Å²) in [4.78, 5) is 4.79. The molecule has 19 heavy (non-hydrogen) atoms. The number of nitrogens with zero attached hydrogens (tertiary/aromatic N) is 2. The molecule has 1 saturated carbocycles. The third kappa shape index (κ3) is 2.26. The molecule has 1 aliphatic rings. The van der Waals surface area contributed by atoms with Crippen molar-refractivity contribution in [3.8, 4) is 0 Å². The van der Waals surface area contributed by atoms with Crippen molar-refractivity contribution in [2.45, 2.75) is 31.6 Å². The molecule has 0 bridgehead atoms. The molecule has 1 aromatic heterocycles. The highest BCUT2D eigenvalue weighted by Gasteiger charge is 2.25. The van der Waals surface area contributed by atoms with E-state index in [9.17, 15) is 0 Å². The quantitative estimate of drug-likeness (QED) is 0.914. The van der Waals surface area contributed by atoms with Gasteiger partial charge < -0.3 is 10.3 Å². The zero-order valence-electron chi connectivity index (χ0n) is 11.3. The van der Waals surface area contributed by atoms with Gasteiger partial charge in [0, 0.05) is 13.0 Å². The summed E-state index contributed by atoms with van der Waals surface area (Å²) < 4.78 is 2.17. The summed E-state index contributed by atoms with van der Waals surface area (Å²) in [5, 5.41) is 0.786. The normalized spacial score (nSPS) is 23.9. The Hall–Kier alpha value is -1.06. The predicted octanol–water partition coefficient (Wildman–Crippen LogP) is 3.46. The number of rotatable bonds is 2. The molecule has 0 aliphatic heterocycles. The zero-order valence-corrected chi connectivity index (χ0v) is 12.0. The van der Waals surface area contributed by atoms with Gasteiger partial charge in [-0.25, -0.2) is 4.98 Å². The molecule has 2 N–H and O–H groups in total. The largest absolute Gasteiger partial charge is 0.330 e. The van der Waals surface area contributed by atoms with E-state index >= 15 is 0 Å². The smallest absolute Gasteiger partial charge is 0.112 e. The van der Waals surface area contributed by atoms with Crippen LogP contribution in [0.1, 0.15) is 37.4 Å². The van der Waals surface area contributed by atoms with Crippen molar-refractivity contribution in [3.05, 3.63) is 29.0 Å². The fourth-order valence-corrected chi connectivity index (χ4v) is 3.56. The summed E-state index contributed by atoms with van der Waals surface area (Å²) in [6.07, 6.45) is 4.82. The van der Waals surface area contributed by atoms with Crippen molar-refractivity contribution in [3.63, 3.8) is 0 Å². The number of imidazole rings is 1. The lowest BCUT2D eigenvalue weighted by molar-refractivity contribution is 0.323. The van der Waals surface area contributed by atoms with E-state index < -0.39 is 0 Å². The third-order valence-corrected chi connectivity index (χ3v) is 4.73. The van der Waals surface area contributed by atoms with E-state index in [1.54, 1.807) is 0 Å². The SMILES string of the molecule is Cn1c(C2CCC(CN)CC2)nc2cccc(Cl)c21. The van der Waals surface area contributed by atoms with Gasteiger partial charge in [-0.15, -0.1) is 0 Å². The van der Waals surface area contributed by atoms with Crippen LogP contribution in [-0.2, 0) is 7.05 Å². The number of nitrogens with two attached hydrogens (primary N) is 1. The topological polar surface area (TPSA) is 43.8 Å². The van der Waals surface area contributed by atoms with E-state index in [0.29, 0.717) is 11.8 Å². The Balaban J connectivity index is 1.94. The van der Waals surface area contributed by atoms with E-state index in [0.717, 1.165) is 22.6 Å². The highest BCUT2D eigenvalue weighted by Crippen LogP contribution is 2.36. The number of benzene rings is 1. The molecule has 0 amide bonds. The van der Waals surface area contributed by atoms with Crippen molar-refractivity contribution >= 4 is 22.6 Å². The summed E-state index contributed by atoms with van der Waals surface area (Å²) in [5.41, 5.74) is 7.82. The first-order valence-corrected chi connectivity index (χ1v) is 7.39. The minimum Gasteiger partial charge on any atom is -0.330 e. The molecule has 0 spiro atoms. The standard InChI is InChI=1S/C15H20ClN3/c1-19-14-12(16)3-2-4-13(14)18-15(19)11-7-5-10(9-17)6-8-11/h2-4,10-11H,5-9,17H2,1H3. The molecule has 1 fully saturated rings. The second kappa shape index (κ2) is 5.14. The highest BCUT2D eigenvalue weighted by molar-refractivity contribution is 6.35. The zero-order chi connectivity index (χ0) is 13.4. The Morgan fingerprint density at radius 3 is 2.68 bits per heavy atom. The van der Waals surface area contributed by atoms with Crippen LogP contribution >= 0.6 is 11.6 Å². The summed E-state index contributed by atoms with van der Waals surface area (Å²) >= 11 is 6.28. The van der Waals surface area contributed by atoms with Gasteiger partial charge in [0.25, 0.3) is 0 Å². The van der Waals surface area contributed by atoms with E-state index in [1.165, 1.54) is 31.5 Å². The molecule has 0 unspecified atom stereocenters. The lowest BCUT2D eigenvalue weighted by Gasteiger charge is -2.27. The van der Waals surface area contributed by atoms with Gasteiger partial charge in [-0.1, -0.05) is 17.7 Å². The fourth-order valence-electron chi connectivity index (χ4n) is 3.26. The van der Waals surface area contributed by atoms with Gasteiger partial charge >= 0.3 is 0 Å². The van der Waals surface area contributed by atoms with Gasteiger partial charge in [0.1, 0.15) is 5.82 Å². The van der Waals surface area contributed by atoms with Gasteiger partial charge in [-0.3, -0.25) is 0 Å². The number of halogens is 1. The molecule has 1 aliphatic carbocycles. The molecule has 1 aromatic carbocycles. The lowest BCUT2D eigenvalue weighted by atomic mass is 9.81. The van der Waals surface area contributed by atoms with Gasteiger partial charge in [0.2, 0.25) is 0 Å². The maximum absolute atomic E-state index is 6.28. The van der Waals surface area contributed by atoms with Gasteiger partial charge in [0.15, 0.2) is 0 Å².